The molecule has 4 atom stereocenters. The molecule has 2 aromatic rings. The van der Waals surface area contributed by atoms with Gasteiger partial charge < -0.3 is 24.6 Å². The van der Waals surface area contributed by atoms with Crippen molar-refractivity contribution in [2.45, 2.75) is 76.7 Å². The summed E-state index contributed by atoms with van der Waals surface area (Å²) in [6, 6.07) is 0.646. The SMILES string of the molecule is CC(C)(C)OC(=O)N1C[C@@H]2CN(Cc3cnc(Cl)nc3)C[C@@H]21.CC(C)(C)OC(=O)N1C[C@@H]2CNC[C@@H]21.Clc1ncc(CBr)cn1. The van der Waals surface area contributed by atoms with Crippen LogP contribution in [0.2, 0.25) is 10.6 Å². The number of amides is 2. The summed E-state index contributed by atoms with van der Waals surface area (Å²) in [7, 11) is 0. The van der Waals surface area contributed by atoms with Crippen molar-refractivity contribution >= 4 is 51.3 Å². The number of alkyl halides is 1. The van der Waals surface area contributed by atoms with Gasteiger partial charge in [0, 0.05) is 93.3 Å². The van der Waals surface area contributed by atoms with Crippen molar-refractivity contribution in [3.8, 4) is 0 Å². The van der Waals surface area contributed by atoms with Gasteiger partial charge in [0.2, 0.25) is 10.6 Å². The molecule has 0 saturated carbocycles. The fourth-order valence-corrected chi connectivity index (χ4v) is 6.01. The zero-order valence-corrected chi connectivity index (χ0v) is 29.8. The van der Waals surface area contributed by atoms with Crippen molar-refractivity contribution in [1.29, 1.82) is 0 Å². The Bertz CT molecular complexity index is 1290. The highest BCUT2D eigenvalue weighted by Crippen LogP contribution is 2.34. The molecule has 6 rings (SSSR count). The molecule has 4 aliphatic rings. The van der Waals surface area contributed by atoms with E-state index >= 15 is 0 Å². The predicted molar refractivity (Wildman–Crippen MR) is 175 cm³/mol. The van der Waals surface area contributed by atoms with Gasteiger partial charge in [-0.05, 0) is 70.3 Å². The molecule has 15 heteroatoms. The van der Waals surface area contributed by atoms with Crippen LogP contribution in [0.1, 0.15) is 52.7 Å². The molecule has 2 amide bonds. The quantitative estimate of drug-likeness (QED) is 0.340. The van der Waals surface area contributed by atoms with E-state index in [-0.39, 0.29) is 29.1 Å². The third-order valence-electron chi connectivity index (χ3n) is 7.61. The third-order valence-corrected chi connectivity index (χ3v) is 8.65. The van der Waals surface area contributed by atoms with E-state index in [1.165, 1.54) is 0 Å². The summed E-state index contributed by atoms with van der Waals surface area (Å²) >= 11 is 14.4. The van der Waals surface area contributed by atoms with Gasteiger partial charge in [0.15, 0.2) is 0 Å². The highest BCUT2D eigenvalue weighted by molar-refractivity contribution is 9.08. The Morgan fingerprint density at radius 2 is 1.27 bits per heavy atom. The van der Waals surface area contributed by atoms with Gasteiger partial charge >= 0.3 is 12.2 Å². The Kier molecular flexibility index (Phi) is 11.9. The van der Waals surface area contributed by atoms with E-state index in [1.807, 2.05) is 51.3 Å². The lowest BCUT2D eigenvalue weighted by atomic mass is 9.93. The largest absolute Gasteiger partial charge is 0.444 e. The average Bonchev–Trinajstić information content (AvgIpc) is 3.43. The standard InChI is InChI=1S/C15H21ClN4O2.C10H18N2O2.C5H4BrClN2/c1-15(2,3)22-14(21)20-8-11-7-19(9-12(11)20)6-10-4-17-13(16)18-5-10;1-10(2,3)14-9(13)12-6-7-4-11-5-8(7)12;6-1-4-2-8-5(7)9-3-4/h4-5,11-12H,6-9H2,1-3H3;7-8,11H,4-6H2,1-3H3;2-3H,1H2/t11-,12-;7-,8-;/m00./s1. The molecule has 45 heavy (non-hydrogen) atoms. The summed E-state index contributed by atoms with van der Waals surface area (Å²) in [5.74, 6) is 1.20. The van der Waals surface area contributed by atoms with Gasteiger partial charge in [-0.15, -0.1) is 0 Å². The van der Waals surface area contributed by atoms with Gasteiger partial charge in [-0.1, -0.05) is 15.9 Å². The molecule has 0 aromatic carbocycles. The van der Waals surface area contributed by atoms with E-state index in [9.17, 15) is 9.59 Å². The molecule has 0 spiro atoms. The number of ether oxygens (including phenoxy) is 2. The van der Waals surface area contributed by atoms with Crippen LogP contribution in [0.5, 0.6) is 0 Å². The number of carbonyl (C=O) groups excluding carboxylic acids is 2. The lowest BCUT2D eigenvalue weighted by Gasteiger charge is -2.43. The Morgan fingerprint density at radius 1 is 0.778 bits per heavy atom. The molecular formula is C30H43BrCl2N8O4. The Labute approximate surface area is 283 Å². The second kappa shape index (κ2) is 15.1. The number of carbonyl (C=O) groups is 2. The van der Waals surface area contributed by atoms with Gasteiger partial charge in [0.1, 0.15) is 11.2 Å². The summed E-state index contributed by atoms with van der Waals surface area (Å²) in [6.07, 6.45) is 6.50. The Morgan fingerprint density at radius 3 is 1.76 bits per heavy atom. The number of fused-ring (bicyclic) bond motifs is 2. The van der Waals surface area contributed by atoms with E-state index in [0.717, 1.165) is 62.3 Å². The second-order valence-corrected chi connectivity index (χ2v) is 14.9. The monoisotopic (exact) mass is 728 g/mol. The molecule has 4 fully saturated rings. The van der Waals surface area contributed by atoms with Crippen molar-refractivity contribution < 1.29 is 19.1 Å². The molecule has 12 nitrogen and oxygen atoms in total. The summed E-state index contributed by atoms with van der Waals surface area (Å²) in [5.41, 5.74) is 1.24. The Hall–Kier alpha value is -2.32. The summed E-state index contributed by atoms with van der Waals surface area (Å²) in [6.45, 7) is 17.6. The highest BCUT2D eigenvalue weighted by atomic mass is 79.9. The van der Waals surface area contributed by atoms with Crippen LogP contribution in [0.15, 0.2) is 24.8 Å². The second-order valence-electron chi connectivity index (χ2n) is 13.6. The summed E-state index contributed by atoms with van der Waals surface area (Å²) in [4.78, 5) is 45.3. The van der Waals surface area contributed by atoms with Gasteiger partial charge in [-0.3, -0.25) is 4.90 Å². The number of likely N-dealkylation sites (tertiary alicyclic amines) is 3. The lowest BCUT2D eigenvalue weighted by molar-refractivity contribution is -0.0172. The van der Waals surface area contributed by atoms with E-state index < -0.39 is 5.60 Å². The molecule has 0 bridgehead atoms. The van der Waals surface area contributed by atoms with Crippen molar-refractivity contribution in [3.63, 3.8) is 0 Å². The van der Waals surface area contributed by atoms with Gasteiger partial charge in [-0.2, -0.15) is 0 Å². The molecule has 248 valence electrons. The van der Waals surface area contributed by atoms with E-state index in [1.54, 1.807) is 24.8 Å². The number of nitrogens with one attached hydrogen (secondary N) is 1. The van der Waals surface area contributed by atoms with Gasteiger partial charge in [0.25, 0.3) is 0 Å². The van der Waals surface area contributed by atoms with Crippen LogP contribution in [-0.2, 0) is 21.3 Å². The first kappa shape index (κ1) is 35.5. The minimum Gasteiger partial charge on any atom is -0.444 e. The van der Waals surface area contributed by atoms with E-state index in [2.05, 4.69) is 46.1 Å². The van der Waals surface area contributed by atoms with Crippen LogP contribution in [0.4, 0.5) is 9.59 Å². The van der Waals surface area contributed by atoms with Gasteiger partial charge in [0.05, 0.1) is 12.1 Å². The van der Waals surface area contributed by atoms with Crippen molar-refractivity contribution in [1.82, 2.24) is 40.0 Å². The number of rotatable bonds is 3. The smallest absolute Gasteiger partial charge is 0.410 e. The van der Waals surface area contributed by atoms with Crippen LogP contribution in [0.3, 0.4) is 0 Å². The van der Waals surface area contributed by atoms with Crippen molar-refractivity contribution in [2.75, 3.05) is 39.3 Å². The van der Waals surface area contributed by atoms with Crippen molar-refractivity contribution in [2.24, 2.45) is 11.8 Å². The first-order valence-corrected chi connectivity index (χ1v) is 16.9. The highest BCUT2D eigenvalue weighted by Gasteiger charge is 2.49. The molecule has 4 saturated heterocycles. The van der Waals surface area contributed by atoms with Crippen LogP contribution < -0.4 is 5.32 Å². The molecular weight excluding hydrogens is 687 g/mol. The van der Waals surface area contributed by atoms with Crippen LogP contribution in [-0.4, -0.2) is 109 Å². The first-order valence-electron chi connectivity index (χ1n) is 15.0. The average molecular weight is 731 g/mol. The number of aromatic nitrogens is 4. The zero-order valence-electron chi connectivity index (χ0n) is 26.7. The summed E-state index contributed by atoms with van der Waals surface area (Å²) in [5, 5.41) is 4.61. The van der Waals surface area contributed by atoms with Crippen LogP contribution in [0.25, 0.3) is 0 Å². The Balaban J connectivity index is 0.000000171. The van der Waals surface area contributed by atoms with Crippen LogP contribution >= 0.6 is 39.1 Å². The van der Waals surface area contributed by atoms with E-state index in [0.29, 0.717) is 23.2 Å². The normalized spacial score (nSPS) is 23.7. The topological polar surface area (TPSA) is 126 Å². The molecule has 0 radical (unpaired) electrons. The molecule has 2 aromatic heterocycles. The number of hydrogen-bond acceptors (Lipinski definition) is 10. The number of nitrogens with zero attached hydrogens (tertiary/aromatic N) is 7. The van der Waals surface area contributed by atoms with Crippen LogP contribution in [0, 0.1) is 11.8 Å². The maximum Gasteiger partial charge on any atom is 0.410 e. The predicted octanol–water partition coefficient (Wildman–Crippen LogP) is 5.03. The van der Waals surface area contributed by atoms with E-state index in [4.69, 9.17) is 32.7 Å². The minimum absolute atomic E-state index is 0.164. The number of halogens is 3. The third kappa shape index (κ3) is 10.3. The molecule has 4 aliphatic heterocycles. The summed E-state index contributed by atoms with van der Waals surface area (Å²) < 4.78 is 10.8. The lowest BCUT2D eigenvalue weighted by Crippen LogP contribution is -2.59. The maximum atomic E-state index is 12.1. The fraction of sp³-hybridized carbons (Fsp3) is 0.667. The molecule has 1 N–H and O–H groups in total. The number of hydrogen-bond donors (Lipinski definition) is 1. The first-order chi connectivity index (χ1) is 21.1. The van der Waals surface area contributed by atoms with Gasteiger partial charge in [-0.25, -0.2) is 29.5 Å². The molecule has 0 unspecified atom stereocenters. The van der Waals surface area contributed by atoms with Crippen molar-refractivity contribution in [3.05, 3.63) is 46.5 Å². The zero-order chi connectivity index (χ0) is 32.9. The maximum absolute atomic E-state index is 12.1. The minimum atomic E-state index is -0.443. The fourth-order valence-electron chi connectivity index (χ4n) is 5.52. The molecule has 6 heterocycles. The molecule has 0 aliphatic carbocycles.